The molecule has 0 N–H and O–H groups in total. The van der Waals surface area contributed by atoms with Crippen LogP contribution in [0.1, 0.15) is 63.2 Å². The van der Waals surface area contributed by atoms with Crippen LogP contribution < -0.4 is 0 Å². The molecule has 0 saturated heterocycles. The molecule has 6 aliphatic rings. The number of fused-ring (bicyclic) bond motifs is 2. The van der Waals surface area contributed by atoms with Crippen molar-refractivity contribution in [2.75, 3.05) is 5.28 Å². The number of halogens is 1. The summed E-state index contributed by atoms with van der Waals surface area (Å²) in [5.74, 6) is 0.435. The molecule has 6 rings (SSSR count). The van der Waals surface area contributed by atoms with Crippen LogP contribution in [0.2, 0.25) is 0 Å². The third kappa shape index (κ3) is 1.16. The van der Waals surface area contributed by atoms with E-state index < -0.39 is 11.7 Å². The molecular weight excluding hydrogens is 298 g/mol. The lowest BCUT2D eigenvalue weighted by molar-refractivity contribution is 0.716. The second-order valence-electron chi connectivity index (χ2n) is 7.86. The van der Waals surface area contributed by atoms with Gasteiger partial charge in [-0.15, -0.1) is 0 Å². The molecule has 102 valence electrons. The molecule has 0 aromatic rings. The van der Waals surface area contributed by atoms with Crippen LogP contribution in [-0.4, -0.2) is 5.28 Å². The van der Waals surface area contributed by atoms with Crippen LogP contribution in [0.5, 0.6) is 0 Å². The predicted molar refractivity (Wildman–Crippen MR) is 77.7 cm³/mol. The van der Waals surface area contributed by atoms with Gasteiger partial charge in [0.15, 0.2) is 0 Å². The smallest absolute Gasteiger partial charge is 0.0625 e. The summed E-state index contributed by atoms with van der Waals surface area (Å²) in [7, 11) is 0. The molecule has 0 aliphatic heterocycles. The molecule has 19 heavy (non-hydrogen) atoms. The summed E-state index contributed by atoms with van der Waals surface area (Å²) in [4.78, 5) is 0. The van der Waals surface area contributed by atoms with Crippen molar-refractivity contribution in [3.05, 3.63) is 0 Å². The highest BCUT2D eigenvalue weighted by molar-refractivity contribution is 9.09. The average molecular weight is 324 g/mol. The molecule has 1 nitrogen and oxygen atoms in total. The van der Waals surface area contributed by atoms with Gasteiger partial charge in [0.1, 0.15) is 0 Å². The van der Waals surface area contributed by atoms with E-state index in [2.05, 4.69) is 15.9 Å². The molecular formula is C17H22BrN. The zero-order valence-electron chi connectivity index (χ0n) is 15.1. The molecule has 0 aromatic carbocycles. The van der Waals surface area contributed by atoms with Gasteiger partial charge >= 0.3 is 0 Å². The highest BCUT2D eigenvalue weighted by atomic mass is 79.9. The largest absolute Gasteiger partial charge is 0.198 e. The maximum absolute atomic E-state index is 8.70. The Morgan fingerprint density at radius 1 is 0.895 bits per heavy atom. The molecule has 0 radical (unpaired) electrons. The summed E-state index contributed by atoms with van der Waals surface area (Å²) in [5.41, 5.74) is 1.60. The standard InChI is InChI=1S/C9H11N.C8H11Br/c10-6-1-7-8(2-3-8)9(7)4-5-9;9-5-6-7(1-2-7)8(6)3-4-8/h7H,1-5H2;6H,1-5H2/i1D2;5D2. The lowest BCUT2D eigenvalue weighted by atomic mass is 10.2. The Kier molecular flexibility index (Phi) is 1.37. The number of alkyl halides is 1. The van der Waals surface area contributed by atoms with Gasteiger partial charge in [-0.2, -0.15) is 5.26 Å². The van der Waals surface area contributed by atoms with Crippen molar-refractivity contribution in [3.63, 3.8) is 0 Å². The van der Waals surface area contributed by atoms with Gasteiger partial charge in [-0.25, -0.2) is 0 Å². The van der Waals surface area contributed by atoms with Crippen molar-refractivity contribution in [1.82, 2.24) is 0 Å². The van der Waals surface area contributed by atoms with Gasteiger partial charge in [0.05, 0.1) is 6.07 Å². The zero-order valence-corrected chi connectivity index (χ0v) is 12.7. The first-order valence-corrected chi connectivity index (χ1v) is 8.52. The number of hydrogen-bond donors (Lipinski definition) is 0. The van der Waals surface area contributed by atoms with Gasteiger partial charge in [0.2, 0.25) is 0 Å². The van der Waals surface area contributed by atoms with Gasteiger partial charge in [0, 0.05) is 17.1 Å². The van der Waals surface area contributed by atoms with E-state index in [9.17, 15) is 0 Å². The summed E-state index contributed by atoms with van der Waals surface area (Å²) in [6.45, 7) is 0. The maximum atomic E-state index is 8.70. The van der Waals surface area contributed by atoms with Gasteiger partial charge in [-0.3, -0.25) is 0 Å². The van der Waals surface area contributed by atoms with Crippen LogP contribution in [0.3, 0.4) is 0 Å². The Balaban J connectivity index is 0.000000106. The Labute approximate surface area is 129 Å². The Morgan fingerprint density at radius 2 is 1.26 bits per heavy atom. The van der Waals surface area contributed by atoms with E-state index in [1.807, 2.05) is 6.07 Å². The summed E-state index contributed by atoms with van der Waals surface area (Å²) in [6, 6.07) is 1.83. The first-order valence-electron chi connectivity index (χ1n) is 9.72. The zero-order chi connectivity index (χ0) is 16.5. The first kappa shape index (κ1) is 8.42. The number of rotatable bonds is 2. The van der Waals surface area contributed by atoms with Crippen LogP contribution in [0, 0.1) is 44.8 Å². The third-order valence-corrected chi connectivity index (χ3v) is 7.96. The highest BCUT2D eigenvalue weighted by Crippen LogP contribution is 2.93. The van der Waals surface area contributed by atoms with E-state index in [0.717, 1.165) is 0 Å². The van der Waals surface area contributed by atoms with E-state index in [-0.39, 0.29) is 5.92 Å². The van der Waals surface area contributed by atoms with E-state index in [0.29, 0.717) is 27.6 Å². The molecule has 6 aliphatic carbocycles. The SMILES string of the molecule is [2H]C([2H])(Br)C1C2(CC2)C12CC2.[2H]C([2H])(C#N)C1C2(CC2)C12CC2. The van der Waals surface area contributed by atoms with Crippen molar-refractivity contribution in [3.8, 4) is 6.07 Å². The van der Waals surface area contributed by atoms with Crippen molar-refractivity contribution < 1.29 is 5.48 Å². The molecule has 0 heterocycles. The maximum Gasteiger partial charge on any atom is 0.0625 e. The highest BCUT2D eigenvalue weighted by Gasteiger charge is 2.86. The minimum atomic E-state index is -1.55. The van der Waals surface area contributed by atoms with Gasteiger partial charge in [-0.05, 0) is 84.9 Å². The van der Waals surface area contributed by atoms with E-state index in [1.54, 1.807) is 0 Å². The fourth-order valence-corrected chi connectivity index (χ4v) is 6.59. The Bertz CT molecular complexity index is 594. The molecule has 6 fully saturated rings. The molecule has 0 bridgehead atoms. The van der Waals surface area contributed by atoms with Gasteiger partial charge in [0.25, 0.3) is 0 Å². The monoisotopic (exact) mass is 323 g/mol. The average Bonchev–Trinajstić information content (AvgIpc) is 3.30. The van der Waals surface area contributed by atoms with E-state index in [4.69, 9.17) is 10.7 Å². The molecule has 0 aromatic heterocycles. The summed E-state index contributed by atoms with van der Waals surface area (Å²) in [5, 5.41) is 7.62. The first-order chi connectivity index (χ1) is 10.6. The van der Waals surface area contributed by atoms with E-state index in [1.165, 1.54) is 51.4 Å². The number of nitrogens with zero attached hydrogens (tertiary/aromatic N) is 1. The Morgan fingerprint density at radius 3 is 1.47 bits per heavy atom. The summed E-state index contributed by atoms with van der Waals surface area (Å²) >= 11 is 3.17. The number of hydrogen-bond acceptors (Lipinski definition) is 1. The van der Waals surface area contributed by atoms with Crippen molar-refractivity contribution in [2.24, 2.45) is 33.5 Å². The molecule has 0 amide bonds. The Hall–Kier alpha value is -0.0300. The normalized spacial score (nSPS) is 48.0. The topological polar surface area (TPSA) is 23.8 Å². The number of nitriles is 1. The van der Waals surface area contributed by atoms with Crippen molar-refractivity contribution >= 4 is 15.9 Å². The minimum absolute atomic E-state index is 0.0856. The van der Waals surface area contributed by atoms with Gasteiger partial charge < -0.3 is 0 Å². The van der Waals surface area contributed by atoms with Crippen molar-refractivity contribution in [1.29, 1.82) is 5.26 Å². The van der Waals surface area contributed by atoms with Crippen LogP contribution in [0.15, 0.2) is 0 Å². The lowest BCUT2D eigenvalue weighted by Gasteiger charge is -1.80. The lowest BCUT2D eigenvalue weighted by Crippen LogP contribution is -1.78. The second-order valence-corrected chi connectivity index (χ2v) is 8.31. The van der Waals surface area contributed by atoms with Crippen LogP contribution >= 0.6 is 15.9 Å². The van der Waals surface area contributed by atoms with E-state index >= 15 is 0 Å². The fraction of sp³-hybridized carbons (Fsp3) is 0.941. The van der Waals surface area contributed by atoms with Crippen LogP contribution in [-0.2, 0) is 0 Å². The molecule has 0 atom stereocenters. The minimum Gasteiger partial charge on any atom is -0.198 e. The molecule has 4 spiro atoms. The quantitative estimate of drug-likeness (QED) is 0.678. The van der Waals surface area contributed by atoms with Crippen LogP contribution in [0.4, 0.5) is 0 Å². The molecule has 2 heteroatoms. The predicted octanol–water partition coefficient (Wildman–Crippen LogP) is 4.66. The second kappa shape index (κ2) is 3.08. The third-order valence-electron chi connectivity index (χ3n) is 7.50. The van der Waals surface area contributed by atoms with Gasteiger partial charge in [-0.1, -0.05) is 15.9 Å². The molecule has 0 unspecified atom stereocenters. The molecule has 6 saturated carbocycles. The van der Waals surface area contributed by atoms with Crippen molar-refractivity contribution in [2.45, 2.75) is 57.7 Å². The van der Waals surface area contributed by atoms with Crippen LogP contribution in [0.25, 0.3) is 0 Å². The summed E-state index contributed by atoms with van der Waals surface area (Å²) < 4.78 is 30.4. The summed E-state index contributed by atoms with van der Waals surface area (Å²) in [6.07, 6.45) is 8.35. The fourth-order valence-electron chi connectivity index (χ4n) is 5.71.